The summed E-state index contributed by atoms with van der Waals surface area (Å²) in [5.41, 5.74) is 1.49. The minimum absolute atomic E-state index is 0.188. The van der Waals surface area contributed by atoms with Gasteiger partial charge in [0.2, 0.25) is 0 Å². The Bertz CT molecular complexity index is 581. The van der Waals surface area contributed by atoms with Crippen LogP contribution >= 0.6 is 15.9 Å². The molecule has 0 radical (unpaired) electrons. The van der Waals surface area contributed by atoms with Crippen molar-refractivity contribution in [3.63, 3.8) is 0 Å². The van der Waals surface area contributed by atoms with Gasteiger partial charge in [0.25, 0.3) is 0 Å². The van der Waals surface area contributed by atoms with Crippen molar-refractivity contribution in [2.75, 3.05) is 5.32 Å². The van der Waals surface area contributed by atoms with Crippen LogP contribution in [-0.4, -0.2) is 6.18 Å². The van der Waals surface area contributed by atoms with E-state index in [-0.39, 0.29) is 5.56 Å². The number of alkyl halides is 3. The lowest BCUT2D eigenvalue weighted by Crippen LogP contribution is -2.28. The Balaban J connectivity index is 2.37. The molecule has 106 valence electrons. The molecule has 0 bridgehead atoms. The lowest BCUT2D eigenvalue weighted by molar-refractivity contribution is -0.144. The third-order valence-electron chi connectivity index (χ3n) is 2.95. The summed E-state index contributed by atoms with van der Waals surface area (Å²) in [6.07, 6.45) is -4.37. The maximum atomic E-state index is 13.2. The van der Waals surface area contributed by atoms with Gasteiger partial charge in [0.05, 0.1) is 0 Å². The largest absolute Gasteiger partial charge is 0.412 e. The second-order valence-electron chi connectivity index (χ2n) is 4.47. The molecule has 0 aromatic heterocycles. The van der Waals surface area contributed by atoms with Crippen LogP contribution in [0.2, 0.25) is 0 Å². The number of nitrogens with one attached hydrogen (secondary N) is 1. The van der Waals surface area contributed by atoms with Gasteiger partial charge in [0, 0.05) is 10.2 Å². The molecule has 1 atom stereocenters. The van der Waals surface area contributed by atoms with Crippen LogP contribution in [0.4, 0.5) is 18.9 Å². The normalized spacial score (nSPS) is 13.1. The van der Waals surface area contributed by atoms with Crippen LogP contribution in [0.1, 0.15) is 17.2 Å². The molecule has 0 aliphatic rings. The maximum Gasteiger partial charge on any atom is 0.412 e. The average Bonchev–Trinajstić information content (AvgIpc) is 2.40. The van der Waals surface area contributed by atoms with E-state index in [1.54, 1.807) is 30.3 Å². The fourth-order valence-corrected chi connectivity index (χ4v) is 2.29. The molecule has 20 heavy (non-hydrogen) atoms. The Morgan fingerprint density at radius 3 is 2.25 bits per heavy atom. The molecule has 0 amide bonds. The van der Waals surface area contributed by atoms with E-state index in [0.717, 1.165) is 5.56 Å². The highest BCUT2D eigenvalue weighted by molar-refractivity contribution is 9.10. The molecule has 1 nitrogen and oxygen atoms in total. The highest BCUT2D eigenvalue weighted by Crippen LogP contribution is 2.37. The summed E-state index contributed by atoms with van der Waals surface area (Å²) in [7, 11) is 0. The Morgan fingerprint density at radius 1 is 1.00 bits per heavy atom. The van der Waals surface area contributed by atoms with E-state index in [4.69, 9.17) is 0 Å². The van der Waals surface area contributed by atoms with Gasteiger partial charge in [0.1, 0.15) is 6.04 Å². The first kappa shape index (κ1) is 14.9. The number of aryl methyl sites for hydroxylation is 1. The van der Waals surface area contributed by atoms with Gasteiger partial charge in [0.15, 0.2) is 0 Å². The van der Waals surface area contributed by atoms with Crippen LogP contribution in [0.25, 0.3) is 0 Å². The summed E-state index contributed by atoms with van der Waals surface area (Å²) in [6.45, 7) is 1.83. The molecule has 0 fully saturated rings. The third-order valence-corrected chi connectivity index (χ3v) is 4.00. The van der Waals surface area contributed by atoms with Crippen LogP contribution in [-0.2, 0) is 0 Å². The summed E-state index contributed by atoms with van der Waals surface area (Å²) in [4.78, 5) is 0. The number of benzene rings is 2. The Hall–Kier alpha value is -1.49. The van der Waals surface area contributed by atoms with Gasteiger partial charge in [-0.3, -0.25) is 0 Å². The first-order chi connectivity index (χ1) is 9.39. The zero-order valence-corrected chi connectivity index (χ0v) is 12.3. The first-order valence-corrected chi connectivity index (χ1v) is 6.82. The minimum atomic E-state index is -4.37. The van der Waals surface area contributed by atoms with E-state index < -0.39 is 12.2 Å². The summed E-state index contributed by atoms with van der Waals surface area (Å²) < 4.78 is 40.4. The molecule has 0 heterocycles. The van der Waals surface area contributed by atoms with Crippen molar-refractivity contribution in [2.24, 2.45) is 0 Å². The summed E-state index contributed by atoms with van der Waals surface area (Å²) in [5, 5.41) is 2.57. The van der Waals surface area contributed by atoms with Crippen molar-refractivity contribution in [3.05, 3.63) is 64.1 Å². The van der Waals surface area contributed by atoms with Gasteiger partial charge in [-0.25, -0.2) is 0 Å². The molecule has 2 aromatic carbocycles. The van der Waals surface area contributed by atoms with E-state index in [1.165, 1.54) is 12.1 Å². The molecule has 0 saturated heterocycles. The SMILES string of the molecule is Cc1cccc(NC(c2ccccc2)C(F)(F)F)c1Br. The number of halogens is 4. The second kappa shape index (κ2) is 5.87. The number of hydrogen-bond donors (Lipinski definition) is 1. The molecular weight excluding hydrogens is 331 g/mol. The number of anilines is 1. The third kappa shape index (κ3) is 3.33. The van der Waals surface area contributed by atoms with Crippen LogP contribution in [0, 0.1) is 6.92 Å². The molecule has 5 heteroatoms. The highest BCUT2D eigenvalue weighted by Gasteiger charge is 2.41. The maximum absolute atomic E-state index is 13.2. The minimum Gasteiger partial charge on any atom is -0.369 e. The Kier molecular flexibility index (Phi) is 4.38. The van der Waals surface area contributed by atoms with Gasteiger partial charge >= 0.3 is 6.18 Å². The molecule has 0 saturated carbocycles. The van der Waals surface area contributed by atoms with Crippen molar-refractivity contribution < 1.29 is 13.2 Å². The number of rotatable bonds is 3. The topological polar surface area (TPSA) is 12.0 Å². The van der Waals surface area contributed by atoms with Crippen LogP contribution in [0.15, 0.2) is 53.0 Å². The molecule has 0 spiro atoms. The quantitative estimate of drug-likeness (QED) is 0.778. The molecule has 2 aromatic rings. The molecule has 0 aliphatic heterocycles. The molecular formula is C15H13BrF3N. The van der Waals surface area contributed by atoms with E-state index in [1.807, 2.05) is 13.0 Å². The smallest absolute Gasteiger partial charge is 0.369 e. The molecule has 2 rings (SSSR count). The predicted octanol–water partition coefficient (Wildman–Crippen LogP) is 5.47. The van der Waals surface area contributed by atoms with Crippen LogP contribution < -0.4 is 5.32 Å². The number of hydrogen-bond acceptors (Lipinski definition) is 1. The zero-order valence-electron chi connectivity index (χ0n) is 10.7. The van der Waals surface area contributed by atoms with E-state index in [9.17, 15) is 13.2 Å². The Labute approximate surface area is 123 Å². The first-order valence-electron chi connectivity index (χ1n) is 6.03. The average molecular weight is 344 g/mol. The highest BCUT2D eigenvalue weighted by atomic mass is 79.9. The van der Waals surface area contributed by atoms with Crippen molar-refractivity contribution >= 4 is 21.6 Å². The van der Waals surface area contributed by atoms with Gasteiger partial charge in [-0.15, -0.1) is 0 Å². The van der Waals surface area contributed by atoms with E-state index >= 15 is 0 Å². The molecule has 1 unspecified atom stereocenters. The monoisotopic (exact) mass is 343 g/mol. The Morgan fingerprint density at radius 2 is 1.65 bits per heavy atom. The fourth-order valence-electron chi connectivity index (χ4n) is 1.91. The van der Waals surface area contributed by atoms with E-state index in [0.29, 0.717) is 10.2 Å². The molecule has 0 aliphatic carbocycles. The van der Waals surface area contributed by atoms with Crippen LogP contribution in [0.5, 0.6) is 0 Å². The summed E-state index contributed by atoms with van der Waals surface area (Å²) in [5.74, 6) is 0. The van der Waals surface area contributed by atoms with Crippen molar-refractivity contribution in [1.82, 2.24) is 0 Å². The summed E-state index contributed by atoms with van der Waals surface area (Å²) >= 11 is 3.32. The van der Waals surface area contributed by atoms with Gasteiger partial charge in [-0.1, -0.05) is 42.5 Å². The van der Waals surface area contributed by atoms with E-state index in [2.05, 4.69) is 21.2 Å². The second-order valence-corrected chi connectivity index (χ2v) is 5.26. The zero-order chi connectivity index (χ0) is 14.8. The van der Waals surface area contributed by atoms with Crippen molar-refractivity contribution in [2.45, 2.75) is 19.1 Å². The lowest BCUT2D eigenvalue weighted by Gasteiger charge is -2.24. The molecule has 1 N–H and O–H groups in total. The lowest BCUT2D eigenvalue weighted by atomic mass is 10.1. The van der Waals surface area contributed by atoms with Gasteiger partial charge in [-0.2, -0.15) is 13.2 Å². The standard InChI is InChI=1S/C15H13BrF3N/c1-10-6-5-9-12(13(10)16)20-14(15(17,18)19)11-7-3-2-4-8-11/h2-9,14,20H,1H3. The van der Waals surface area contributed by atoms with Gasteiger partial charge < -0.3 is 5.32 Å². The van der Waals surface area contributed by atoms with Crippen molar-refractivity contribution in [3.8, 4) is 0 Å². The van der Waals surface area contributed by atoms with Crippen LogP contribution in [0.3, 0.4) is 0 Å². The predicted molar refractivity (Wildman–Crippen MR) is 77.7 cm³/mol. The summed E-state index contributed by atoms with van der Waals surface area (Å²) in [6, 6.07) is 11.3. The fraction of sp³-hybridized carbons (Fsp3) is 0.200. The van der Waals surface area contributed by atoms with Crippen molar-refractivity contribution in [1.29, 1.82) is 0 Å². The van der Waals surface area contributed by atoms with Gasteiger partial charge in [-0.05, 0) is 40.0 Å².